The summed E-state index contributed by atoms with van der Waals surface area (Å²) < 4.78 is 5.89. The number of methoxy groups -OCH3 is 1. The zero-order valence-electron chi connectivity index (χ0n) is 11.7. The number of urea groups is 1. The van der Waals surface area contributed by atoms with Crippen molar-refractivity contribution in [3.8, 4) is 0 Å². The van der Waals surface area contributed by atoms with Gasteiger partial charge in [-0.15, -0.1) is 0 Å². The largest absolute Gasteiger partial charge is 0.480 e. The van der Waals surface area contributed by atoms with Crippen LogP contribution in [0.15, 0.2) is 6.33 Å². The van der Waals surface area contributed by atoms with Crippen molar-refractivity contribution in [1.82, 2.24) is 25.4 Å². The van der Waals surface area contributed by atoms with Gasteiger partial charge < -0.3 is 20.5 Å². The van der Waals surface area contributed by atoms with Gasteiger partial charge in [0.05, 0.1) is 13.7 Å². The molecular formula is C11H17N5O5. The Kier molecular flexibility index (Phi) is 6.11. The minimum Gasteiger partial charge on any atom is -0.480 e. The topological polar surface area (TPSA) is 135 Å². The second kappa shape index (κ2) is 7.82. The SMILES string of the molecule is COC(=O)CCC(NC(=O)NCc1ncn(C)n1)C(=O)O. The lowest BCUT2D eigenvalue weighted by atomic mass is 10.1. The van der Waals surface area contributed by atoms with Crippen molar-refractivity contribution in [2.75, 3.05) is 7.11 Å². The average Bonchev–Trinajstić information content (AvgIpc) is 2.86. The van der Waals surface area contributed by atoms with Gasteiger partial charge in [-0.1, -0.05) is 0 Å². The lowest BCUT2D eigenvalue weighted by Crippen LogP contribution is -2.46. The number of amides is 2. The Morgan fingerprint density at radius 2 is 2.19 bits per heavy atom. The summed E-state index contributed by atoms with van der Waals surface area (Å²) >= 11 is 0. The molecule has 1 heterocycles. The molecule has 0 saturated carbocycles. The third-order valence-electron chi connectivity index (χ3n) is 2.52. The zero-order chi connectivity index (χ0) is 15.8. The molecule has 1 aromatic rings. The van der Waals surface area contributed by atoms with E-state index in [4.69, 9.17) is 5.11 Å². The van der Waals surface area contributed by atoms with Gasteiger partial charge >= 0.3 is 18.0 Å². The Balaban J connectivity index is 2.41. The molecule has 0 bridgehead atoms. The summed E-state index contributed by atoms with van der Waals surface area (Å²) in [6.45, 7) is 0.0655. The highest BCUT2D eigenvalue weighted by atomic mass is 16.5. The van der Waals surface area contributed by atoms with E-state index in [1.165, 1.54) is 18.1 Å². The molecule has 0 aliphatic carbocycles. The summed E-state index contributed by atoms with van der Waals surface area (Å²) in [6, 6.07) is -1.86. The molecule has 10 heteroatoms. The van der Waals surface area contributed by atoms with Crippen molar-refractivity contribution >= 4 is 18.0 Å². The fourth-order valence-electron chi connectivity index (χ4n) is 1.46. The number of hydrogen-bond acceptors (Lipinski definition) is 6. The number of carboxylic acids is 1. The van der Waals surface area contributed by atoms with E-state index >= 15 is 0 Å². The van der Waals surface area contributed by atoms with Crippen LogP contribution >= 0.6 is 0 Å². The maximum Gasteiger partial charge on any atom is 0.326 e. The third kappa shape index (κ3) is 5.89. The molecule has 1 atom stereocenters. The summed E-state index contributed by atoms with van der Waals surface area (Å²) in [5.74, 6) is -1.37. The minimum atomic E-state index is -1.23. The van der Waals surface area contributed by atoms with Crippen LogP contribution in [-0.4, -0.2) is 51.0 Å². The lowest BCUT2D eigenvalue weighted by Gasteiger charge is -2.14. The number of carboxylic acid groups (broad SMARTS) is 1. The van der Waals surface area contributed by atoms with Crippen LogP contribution in [0.25, 0.3) is 0 Å². The first-order chi connectivity index (χ1) is 9.92. The number of aromatic nitrogens is 3. The van der Waals surface area contributed by atoms with E-state index < -0.39 is 24.0 Å². The first-order valence-electron chi connectivity index (χ1n) is 6.11. The second-order valence-electron chi connectivity index (χ2n) is 4.17. The average molecular weight is 299 g/mol. The van der Waals surface area contributed by atoms with Crippen LogP contribution < -0.4 is 10.6 Å². The molecule has 10 nitrogen and oxygen atoms in total. The van der Waals surface area contributed by atoms with Crippen LogP contribution in [0.1, 0.15) is 18.7 Å². The Bertz CT molecular complexity index is 515. The van der Waals surface area contributed by atoms with Gasteiger partial charge in [0.1, 0.15) is 12.4 Å². The number of hydrogen-bond donors (Lipinski definition) is 3. The van der Waals surface area contributed by atoms with E-state index in [0.717, 1.165) is 0 Å². The van der Waals surface area contributed by atoms with Gasteiger partial charge in [-0.2, -0.15) is 5.10 Å². The van der Waals surface area contributed by atoms with Gasteiger partial charge in [0, 0.05) is 13.5 Å². The van der Waals surface area contributed by atoms with Crippen molar-refractivity contribution < 1.29 is 24.2 Å². The first kappa shape index (κ1) is 16.4. The molecule has 116 valence electrons. The quantitative estimate of drug-likeness (QED) is 0.550. The number of nitrogens with zero attached hydrogens (tertiary/aromatic N) is 3. The smallest absolute Gasteiger partial charge is 0.326 e. The molecule has 1 rings (SSSR count). The van der Waals surface area contributed by atoms with E-state index in [0.29, 0.717) is 5.82 Å². The highest BCUT2D eigenvalue weighted by Gasteiger charge is 2.21. The van der Waals surface area contributed by atoms with Crippen LogP contribution in [0.5, 0.6) is 0 Å². The number of aryl methyl sites for hydroxylation is 1. The third-order valence-corrected chi connectivity index (χ3v) is 2.52. The molecule has 0 aromatic carbocycles. The van der Waals surface area contributed by atoms with Gasteiger partial charge in [0.2, 0.25) is 0 Å². The standard InChI is InChI=1S/C11H17N5O5/c1-16-6-13-8(15-16)5-12-11(20)14-7(10(18)19)3-4-9(17)21-2/h6-7H,3-5H2,1-2H3,(H,18,19)(H2,12,14,20). The number of carbonyl (C=O) groups excluding carboxylic acids is 2. The molecule has 0 spiro atoms. The van der Waals surface area contributed by atoms with Crippen molar-refractivity contribution in [2.45, 2.75) is 25.4 Å². The summed E-state index contributed by atoms with van der Waals surface area (Å²) in [5, 5.41) is 17.6. The molecule has 21 heavy (non-hydrogen) atoms. The zero-order valence-corrected chi connectivity index (χ0v) is 11.7. The molecule has 0 aliphatic rings. The predicted octanol–water partition coefficient (Wildman–Crippen LogP) is -0.979. The molecule has 2 amide bonds. The fourth-order valence-corrected chi connectivity index (χ4v) is 1.46. The van der Waals surface area contributed by atoms with Crippen LogP contribution in [-0.2, 0) is 27.9 Å². The van der Waals surface area contributed by atoms with Crippen molar-refractivity contribution in [2.24, 2.45) is 7.05 Å². The summed E-state index contributed by atoms with van der Waals surface area (Å²) in [6.07, 6.45) is 1.32. The van der Waals surface area contributed by atoms with Gasteiger partial charge in [-0.05, 0) is 6.42 Å². The number of aliphatic carboxylic acids is 1. The second-order valence-corrected chi connectivity index (χ2v) is 4.17. The molecule has 3 N–H and O–H groups in total. The lowest BCUT2D eigenvalue weighted by molar-refractivity contribution is -0.142. The number of rotatable bonds is 7. The predicted molar refractivity (Wildman–Crippen MR) is 69.0 cm³/mol. The molecule has 1 unspecified atom stereocenters. The maximum atomic E-state index is 11.6. The van der Waals surface area contributed by atoms with E-state index in [-0.39, 0.29) is 19.4 Å². The molecule has 0 saturated heterocycles. The normalized spacial score (nSPS) is 11.5. The molecular weight excluding hydrogens is 282 g/mol. The van der Waals surface area contributed by atoms with Crippen molar-refractivity contribution in [1.29, 1.82) is 0 Å². The molecule has 0 aliphatic heterocycles. The highest BCUT2D eigenvalue weighted by Crippen LogP contribution is 1.99. The Hall–Kier alpha value is -2.65. The Morgan fingerprint density at radius 1 is 1.48 bits per heavy atom. The van der Waals surface area contributed by atoms with Crippen molar-refractivity contribution in [3.63, 3.8) is 0 Å². The van der Waals surface area contributed by atoms with E-state index in [1.807, 2.05) is 0 Å². The van der Waals surface area contributed by atoms with Crippen LogP contribution in [0.2, 0.25) is 0 Å². The summed E-state index contributed by atoms with van der Waals surface area (Å²) in [5.41, 5.74) is 0. The molecule has 0 radical (unpaired) electrons. The number of esters is 1. The first-order valence-corrected chi connectivity index (χ1v) is 6.11. The summed E-state index contributed by atoms with van der Waals surface area (Å²) in [4.78, 5) is 37.5. The van der Waals surface area contributed by atoms with Gasteiger partial charge in [-0.25, -0.2) is 14.6 Å². The number of carbonyl (C=O) groups is 3. The summed E-state index contributed by atoms with van der Waals surface area (Å²) in [7, 11) is 2.89. The van der Waals surface area contributed by atoms with Crippen LogP contribution in [0.4, 0.5) is 4.79 Å². The van der Waals surface area contributed by atoms with Gasteiger partial charge in [-0.3, -0.25) is 9.48 Å². The van der Waals surface area contributed by atoms with Gasteiger partial charge in [0.15, 0.2) is 5.82 Å². The van der Waals surface area contributed by atoms with Gasteiger partial charge in [0.25, 0.3) is 0 Å². The number of nitrogens with one attached hydrogen (secondary N) is 2. The maximum absolute atomic E-state index is 11.6. The fraction of sp³-hybridized carbons (Fsp3) is 0.545. The Morgan fingerprint density at radius 3 is 2.71 bits per heavy atom. The van der Waals surface area contributed by atoms with Crippen LogP contribution in [0.3, 0.4) is 0 Å². The number of ether oxygens (including phenoxy) is 1. The van der Waals surface area contributed by atoms with E-state index in [1.54, 1.807) is 7.05 Å². The highest BCUT2D eigenvalue weighted by molar-refractivity contribution is 5.83. The minimum absolute atomic E-state index is 0.0583. The van der Waals surface area contributed by atoms with Crippen molar-refractivity contribution in [3.05, 3.63) is 12.2 Å². The van der Waals surface area contributed by atoms with E-state index in [2.05, 4.69) is 25.5 Å². The monoisotopic (exact) mass is 299 g/mol. The van der Waals surface area contributed by atoms with Crippen LogP contribution in [0, 0.1) is 0 Å². The Labute approximate surface area is 120 Å². The molecule has 0 fully saturated rings. The van der Waals surface area contributed by atoms with E-state index in [9.17, 15) is 14.4 Å². The molecule has 1 aromatic heterocycles.